The van der Waals surface area contributed by atoms with E-state index in [0.29, 0.717) is 6.54 Å². The van der Waals surface area contributed by atoms with Crippen molar-refractivity contribution in [3.63, 3.8) is 0 Å². The van der Waals surface area contributed by atoms with Crippen LogP contribution in [-0.2, 0) is 19.6 Å². The van der Waals surface area contributed by atoms with Crippen molar-refractivity contribution in [2.45, 2.75) is 26.6 Å². The lowest BCUT2D eigenvalue weighted by atomic mass is 10.1. The van der Waals surface area contributed by atoms with Gasteiger partial charge in [0.05, 0.1) is 17.2 Å². The van der Waals surface area contributed by atoms with Gasteiger partial charge in [-0.05, 0) is 30.2 Å². The largest absolute Gasteiger partial charge is 0.336 e. The van der Waals surface area contributed by atoms with E-state index < -0.39 is 0 Å². The fourth-order valence-corrected chi connectivity index (χ4v) is 3.05. The van der Waals surface area contributed by atoms with E-state index in [2.05, 4.69) is 10.3 Å². The fourth-order valence-electron chi connectivity index (χ4n) is 2.44. The molecule has 1 aliphatic heterocycles. The minimum Gasteiger partial charge on any atom is -0.336 e. The van der Waals surface area contributed by atoms with Gasteiger partial charge in [-0.3, -0.25) is 4.79 Å². The molecule has 0 saturated heterocycles. The van der Waals surface area contributed by atoms with Crippen LogP contribution in [-0.4, -0.2) is 22.8 Å². The molecule has 0 bridgehead atoms. The molecule has 2 aromatic rings. The van der Waals surface area contributed by atoms with Gasteiger partial charge >= 0.3 is 0 Å². The third kappa shape index (κ3) is 2.59. The molecular formula is C15H17N3OS. The number of thiazole rings is 1. The van der Waals surface area contributed by atoms with Gasteiger partial charge in [0.1, 0.15) is 0 Å². The summed E-state index contributed by atoms with van der Waals surface area (Å²) >= 11 is 1.61. The molecule has 1 amide bonds. The van der Waals surface area contributed by atoms with Gasteiger partial charge in [-0.15, -0.1) is 11.3 Å². The molecule has 104 valence electrons. The van der Waals surface area contributed by atoms with E-state index in [1.807, 2.05) is 37.6 Å². The molecule has 1 N–H and O–H groups in total. The predicted octanol–water partition coefficient (Wildman–Crippen LogP) is 2.33. The molecule has 0 fully saturated rings. The molecule has 20 heavy (non-hydrogen) atoms. The van der Waals surface area contributed by atoms with Crippen molar-refractivity contribution < 1.29 is 4.79 Å². The number of benzene rings is 1. The number of amides is 1. The maximum absolute atomic E-state index is 12.4. The van der Waals surface area contributed by atoms with E-state index in [9.17, 15) is 4.79 Å². The predicted molar refractivity (Wildman–Crippen MR) is 79.6 cm³/mol. The second-order valence-corrected chi connectivity index (χ2v) is 6.17. The lowest BCUT2D eigenvalue weighted by Crippen LogP contribution is -2.26. The average Bonchev–Trinajstić information content (AvgIpc) is 3.05. The van der Waals surface area contributed by atoms with Crippen LogP contribution < -0.4 is 5.32 Å². The van der Waals surface area contributed by atoms with Crippen molar-refractivity contribution in [2.75, 3.05) is 7.05 Å². The molecule has 0 radical (unpaired) electrons. The van der Waals surface area contributed by atoms with Crippen molar-refractivity contribution in [3.05, 3.63) is 51.0 Å². The lowest BCUT2D eigenvalue weighted by Gasteiger charge is -2.16. The topological polar surface area (TPSA) is 45.2 Å². The fraction of sp³-hybridized carbons (Fsp3) is 0.333. The van der Waals surface area contributed by atoms with Crippen LogP contribution in [0.2, 0.25) is 0 Å². The van der Waals surface area contributed by atoms with Crippen molar-refractivity contribution in [1.29, 1.82) is 0 Å². The van der Waals surface area contributed by atoms with Crippen LogP contribution in [0.25, 0.3) is 0 Å². The van der Waals surface area contributed by atoms with E-state index in [0.717, 1.165) is 29.4 Å². The number of hydrogen-bond acceptors (Lipinski definition) is 4. The molecule has 4 nitrogen and oxygen atoms in total. The number of hydrogen-bond donors (Lipinski definition) is 1. The van der Waals surface area contributed by atoms with Gasteiger partial charge in [0.25, 0.3) is 5.91 Å². The molecule has 5 heteroatoms. The minimum absolute atomic E-state index is 0.0466. The molecule has 0 aliphatic carbocycles. The first kappa shape index (κ1) is 13.3. The highest BCUT2D eigenvalue weighted by atomic mass is 32.1. The van der Waals surface area contributed by atoms with Crippen molar-refractivity contribution in [2.24, 2.45) is 0 Å². The first-order valence-corrected chi connectivity index (χ1v) is 7.50. The first-order chi connectivity index (χ1) is 9.63. The quantitative estimate of drug-likeness (QED) is 0.942. The second kappa shape index (κ2) is 5.34. The van der Waals surface area contributed by atoms with Gasteiger partial charge in [-0.25, -0.2) is 4.98 Å². The third-order valence-corrected chi connectivity index (χ3v) is 4.32. The second-order valence-electron chi connectivity index (χ2n) is 5.11. The zero-order chi connectivity index (χ0) is 14.1. The number of carbonyl (C=O) groups excluding carboxylic acids is 1. The highest BCUT2D eigenvalue weighted by Crippen LogP contribution is 2.18. The Bertz CT molecular complexity index is 650. The lowest BCUT2D eigenvalue weighted by molar-refractivity contribution is 0.0783. The van der Waals surface area contributed by atoms with E-state index in [1.54, 1.807) is 16.2 Å². The van der Waals surface area contributed by atoms with Crippen molar-refractivity contribution in [1.82, 2.24) is 15.2 Å². The van der Waals surface area contributed by atoms with Crippen LogP contribution in [0.1, 0.15) is 32.2 Å². The number of nitrogens with zero attached hydrogens (tertiary/aromatic N) is 2. The maximum atomic E-state index is 12.4. The van der Waals surface area contributed by atoms with E-state index in [1.165, 1.54) is 11.1 Å². The van der Waals surface area contributed by atoms with Crippen LogP contribution in [0.3, 0.4) is 0 Å². The van der Waals surface area contributed by atoms with E-state index in [-0.39, 0.29) is 5.91 Å². The molecule has 0 spiro atoms. The summed E-state index contributed by atoms with van der Waals surface area (Å²) < 4.78 is 0. The molecule has 1 aromatic carbocycles. The molecule has 1 aliphatic rings. The Labute approximate surface area is 122 Å². The number of aromatic nitrogens is 1. The molecular weight excluding hydrogens is 270 g/mol. The molecule has 0 unspecified atom stereocenters. The Morgan fingerprint density at radius 1 is 1.40 bits per heavy atom. The average molecular weight is 287 g/mol. The Morgan fingerprint density at radius 3 is 2.95 bits per heavy atom. The van der Waals surface area contributed by atoms with Gasteiger partial charge in [-0.2, -0.15) is 0 Å². The molecule has 2 heterocycles. The zero-order valence-corrected chi connectivity index (χ0v) is 12.5. The Hall–Kier alpha value is -1.72. The summed E-state index contributed by atoms with van der Waals surface area (Å²) in [5.74, 6) is 0.0466. The maximum Gasteiger partial charge on any atom is 0.253 e. The minimum atomic E-state index is 0.0466. The third-order valence-electron chi connectivity index (χ3n) is 3.50. The first-order valence-electron chi connectivity index (χ1n) is 6.62. The monoisotopic (exact) mass is 287 g/mol. The summed E-state index contributed by atoms with van der Waals surface area (Å²) in [5, 5.41) is 6.33. The van der Waals surface area contributed by atoms with Crippen LogP contribution in [0.15, 0.2) is 23.6 Å². The standard InChI is InChI=1S/C15H17N3OS/c1-10-17-14(9-20-10)8-18(2)15(19)11-3-4-12-6-16-7-13(12)5-11/h3-5,9,16H,6-8H2,1-2H3. The number of nitrogens with one attached hydrogen (secondary N) is 1. The molecule has 0 atom stereocenters. The van der Waals surface area contributed by atoms with Crippen LogP contribution in [0, 0.1) is 6.92 Å². The number of fused-ring (bicyclic) bond motifs is 1. The van der Waals surface area contributed by atoms with E-state index in [4.69, 9.17) is 0 Å². The smallest absolute Gasteiger partial charge is 0.253 e. The van der Waals surface area contributed by atoms with Crippen LogP contribution >= 0.6 is 11.3 Å². The number of rotatable bonds is 3. The summed E-state index contributed by atoms with van der Waals surface area (Å²) in [5.41, 5.74) is 4.22. The summed E-state index contributed by atoms with van der Waals surface area (Å²) in [6.07, 6.45) is 0. The summed E-state index contributed by atoms with van der Waals surface area (Å²) in [4.78, 5) is 18.6. The van der Waals surface area contributed by atoms with E-state index >= 15 is 0 Å². The molecule has 3 rings (SSSR count). The van der Waals surface area contributed by atoms with Crippen molar-refractivity contribution >= 4 is 17.2 Å². The normalized spacial score (nSPS) is 13.3. The Kier molecular flexibility index (Phi) is 3.54. The van der Waals surface area contributed by atoms with Gasteiger partial charge in [-0.1, -0.05) is 6.07 Å². The SMILES string of the molecule is Cc1nc(CN(C)C(=O)c2ccc3c(c2)CNC3)cs1. The van der Waals surface area contributed by atoms with Crippen LogP contribution in [0.5, 0.6) is 0 Å². The highest BCUT2D eigenvalue weighted by Gasteiger charge is 2.16. The summed E-state index contributed by atoms with van der Waals surface area (Å²) in [7, 11) is 1.82. The molecule has 0 saturated carbocycles. The van der Waals surface area contributed by atoms with Crippen molar-refractivity contribution in [3.8, 4) is 0 Å². The Balaban J connectivity index is 1.74. The van der Waals surface area contributed by atoms with Gasteiger partial charge in [0.2, 0.25) is 0 Å². The summed E-state index contributed by atoms with van der Waals surface area (Å²) in [6.45, 7) is 4.28. The zero-order valence-electron chi connectivity index (χ0n) is 11.6. The van der Waals surface area contributed by atoms with Crippen LogP contribution in [0.4, 0.5) is 0 Å². The summed E-state index contributed by atoms with van der Waals surface area (Å²) in [6, 6.07) is 5.96. The van der Waals surface area contributed by atoms with Gasteiger partial charge in [0, 0.05) is 31.1 Å². The highest BCUT2D eigenvalue weighted by molar-refractivity contribution is 7.09. The Morgan fingerprint density at radius 2 is 2.20 bits per heavy atom. The van der Waals surface area contributed by atoms with Gasteiger partial charge < -0.3 is 10.2 Å². The molecule has 1 aromatic heterocycles. The number of carbonyl (C=O) groups is 1. The number of aryl methyl sites for hydroxylation is 1. The van der Waals surface area contributed by atoms with Gasteiger partial charge in [0.15, 0.2) is 0 Å².